The van der Waals surface area contributed by atoms with Gasteiger partial charge in [-0.05, 0) is 168 Å². The molecule has 14 nitrogen and oxygen atoms in total. The highest BCUT2D eigenvalue weighted by Crippen LogP contribution is 2.36. The number of nitrogens with zero attached hydrogens (tertiary/aromatic N) is 2. The van der Waals surface area contributed by atoms with Gasteiger partial charge in [-0.1, -0.05) is 108 Å². The number of hydrogen-bond acceptors (Lipinski definition) is 13. The van der Waals surface area contributed by atoms with E-state index in [2.05, 4.69) is 192 Å². The lowest BCUT2D eigenvalue weighted by molar-refractivity contribution is -0.149. The average molecular weight is 1320 g/mol. The van der Waals surface area contributed by atoms with E-state index < -0.39 is 18.0 Å². The highest BCUT2D eigenvalue weighted by Gasteiger charge is 2.48. The molecule has 0 amide bonds. The molecular formula is C55H115BBr4N6O8. The maximum Gasteiger partial charge on any atom is 0.454 e. The fourth-order valence-electron chi connectivity index (χ4n) is 3.68. The number of aliphatic carboxylic acids is 1. The number of nitrogens with one attached hydrogen (secondary N) is 4. The van der Waals surface area contributed by atoms with Gasteiger partial charge in [-0.15, -0.1) is 37.0 Å². The Bertz CT molecular complexity index is 1480. The molecule has 0 radical (unpaired) electrons. The number of carbonyl (C=O) groups excluding carboxylic acids is 3. The van der Waals surface area contributed by atoms with Gasteiger partial charge in [0.1, 0.15) is 24.5 Å². The fourth-order valence-corrected chi connectivity index (χ4v) is 3.68. The third-order valence-corrected chi connectivity index (χ3v) is 9.29. The van der Waals surface area contributed by atoms with Crippen molar-refractivity contribution in [2.75, 3.05) is 57.6 Å². The molecule has 1 fully saturated rings. The van der Waals surface area contributed by atoms with E-state index >= 15 is 0 Å². The number of carboxylic acids is 1. The van der Waals surface area contributed by atoms with Crippen LogP contribution in [0.2, 0.25) is 6.82 Å². The van der Waals surface area contributed by atoms with Crippen LogP contribution in [0.4, 0.5) is 0 Å². The Morgan fingerprint density at radius 1 is 0.689 bits per heavy atom. The zero-order valence-corrected chi connectivity index (χ0v) is 52.2. The van der Waals surface area contributed by atoms with E-state index in [0.717, 1.165) is 12.8 Å². The van der Waals surface area contributed by atoms with E-state index in [1.165, 1.54) is 36.4 Å². The quantitative estimate of drug-likeness (QED) is 0.0571. The SMILES string of the molecule is C.C.C.C.C.C.C#C.C#CC.CB1OC(C)(C)C(C)(C)O1.CBr.CBr.CBr.CC#CC.CC(=O)CBr.CNC(C)C(=O)O.CNC(C)C(=O)OCC(C)=O.CNC(C)C1=NC=C(C)C1.CNC(C)C1=NC=C(C)C1. The first-order chi connectivity index (χ1) is 31.7. The van der Waals surface area contributed by atoms with E-state index in [-0.39, 0.29) is 87.1 Å². The summed E-state index contributed by atoms with van der Waals surface area (Å²) in [7, 11) is 7.12. The number of carbonyl (C=O) groups is 4. The van der Waals surface area contributed by atoms with Gasteiger partial charge in [0.25, 0.3) is 0 Å². The highest BCUT2D eigenvalue weighted by atomic mass is 79.9. The van der Waals surface area contributed by atoms with E-state index in [4.69, 9.17) is 14.4 Å². The van der Waals surface area contributed by atoms with Crippen molar-refractivity contribution in [2.45, 2.75) is 203 Å². The van der Waals surface area contributed by atoms with Crippen LogP contribution in [0.5, 0.6) is 0 Å². The molecule has 3 aliphatic rings. The number of halogens is 4. The topological polar surface area (TPSA) is 189 Å². The average Bonchev–Trinajstić information content (AvgIpc) is 4.02. The zero-order chi connectivity index (χ0) is 56.2. The van der Waals surface area contributed by atoms with Gasteiger partial charge in [-0.2, -0.15) is 0 Å². The van der Waals surface area contributed by atoms with Crippen LogP contribution in [0.1, 0.15) is 161 Å². The van der Waals surface area contributed by atoms with Gasteiger partial charge < -0.3 is 40.4 Å². The molecule has 0 saturated carbocycles. The summed E-state index contributed by atoms with van der Waals surface area (Å²) in [4.78, 5) is 49.4. The van der Waals surface area contributed by atoms with Gasteiger partial charge in [0.15, 0.2) is 5.78 Å². The maximum absolute atomic E-state index is 10.8. The molecule has 3 rings (SSSR count). The molecule has 19 heteroatoms. The van der Waals surface area contributed by atoms with Gasteiger partial charge >= 0.3 is 19.1 Å². The van der Waals surface area contributed by atoms with Crippen molar-refractivity contribution in [1.82, 2.24) is 21.3 Å². The predicted octanol–water partition coefficient (Wildman–Crippen LogP) is 13.5. The molecule has 3 heterocycles. The summed E-state index contributed by atoms with van der Waals surface area (Å²) in [5.41, 5.74) is 4.90. The second-order valence-electron chi connectivity index (χ2n) is 14.7. The molecule has 1 saturated heterocycles. The third-order valence-electron chi connectivity index (χ3n) is 8.50. The van der Waals surface area contributed by atoms with Crippen LogP contribution < -0.4 is 21.3 Å². The number of aliphatic imine (C=N–C) groups is 2. The molecular weight excluding hydrogens is 1200 g/mol. The number of hydrogen-bond donors (Lipinski definition) is 5. The summed E-state index contributed by atoms with van der Waals surface area (Å²) >= 11 is 11.8. The molecule has 0 bridgehead atoms. The minimum Gasteiger partial charge on any atom is -0.480 e. The van der Waals surface area contributed by atoms with Gasteiger partial charge in [-0.3, -0.25) is 29.2 Å². The number of rotatable bonds is 11. The van der Waals surface area contributed by atoms with Crippen molar-refractivity contribution in [1.29, 1.82) is 0 Å². The van der Waals surface area contributed by atoms with Gasteiger partial charge in [-0.25, -0.2) is 0 Å². The van der Waals surface area contributed by atoms with E-state index in [0.29, 0.717) is 17.4 Å². The smallest absolute Gasteiger partial charge is 0.454 e. The summed E-state index contributed by atoms with van der Waals surface area (Å²) in [5.74, 6) is 11.9. The Labute approximate surface area is 493 Å². The summed E-state index contributed by atoms with van der Waals surface area (Å²) in [6.07, 6.45) is 18.6. The number of Topliss-reactive ketones (excluding diaryl/α,β-unsaturated/α-hetero) is 2. The normalized spacial score (nSPS) is 13.6. The van der Waals surface area contributed by atoms with Crippen LogP contribution in [-0.4, -0.2) is 140 Å². The van der Waals surface area contributed by atoms with E-state index in [1.807, 2.05) is 64.7 Å². The molecule has 0 aliphatic carbocycles. The van der Waals surface area contributed by atoms with Crippen LogP contribution in [0.15, 0.2) is 33.5 Å². The number of esters is 1. The maximum atomic E-state index is 10.8. The van der Waals surface area contributed by atoms with Gasteiger partial charge in [0.05, 0.1) is 16.5 Å². The first kappa shape index (κ1) is 111. The van der Waals surface area contributed by atoms with Gasteiger partial charge in [0, 0.05) is 48.7 Å². The summed E-state index contributed by atoms with van der Waals surface area (Å²) in [5, 5.41) is 20.2. The third kappa shape index (κ3) is 73.8. The minimum absolute atomic E-state index is 0. The molecule has 0 aromatic rings. The molecule has 0 spiro atoms. The van der Waals surface area contributed by atoms with Crippen molar-refractivity contribution < 1.29 is 38.3 Å². The summed E-state index contributed by atoms with van der Waals surface area (Å²) in [6, 6.07) is 0.0664. The minimum atomic E-state index is -0.817. The fraction of sp³-hybridized carbons (Fsp3) is 0.709. The second-order valence-corrected chi connectivity index (χ2v) is 15.2. The van der Waals surface area contributed by atoms with Crippen LogP contribution >= 0.6 is 63.7 Å². The molecule has 3 aliphatic heterocycles. The number of likely N-dealkylation sites (N-methyl/N-ethyl adjacent to an activating group) is 2. The first-order valence-electron chi connectivity index (χ1n) is 21.3. The predicted molar refractivity (Wildman–Crippen MR) is 350 cm³/mol. The summed E-state index contributed by atoms with van der Waals surface area (Å²) in [6.45, 7) is 29.9. The lowest BCUT2D eigenvalue weighted by Gasteiger charge is -2.32. The molecule has 0 aromatic carbocycles. The van der Waals surface area contributed by atoms with Crippen LogP contribution in [0, 0.1) is 37.0 Å². The second kappa shape index (κ2) is 77.0. The van der Waals surface area contributed by atoms with Crippen molar-refractivity contribution in [2.24, 2.45) is 9.98 Å². The molecule has 444 valence electrons. The van der Waals surface area contributed by atoms with Crippen molar-refractivity contribution in [3.05, 3.63) is 23.5 Å². The lowest BCUT2D eigenvalue weighted by atomic mass is 9.90. The lowest BCUT2D eigenvalue weighted by Crippen LogP contribution is -2.41. The molecule has 0 aromatic heterocycles. The van der Waals surface area contributed by atoms with Crippen LogP contribution in [0.3, 0.4) is 0 Å². The van der Waals surface area contributed by atoms with Crippen LogP contribution in [0.25, 0.3) is 0 Å². The zero-order valence-electron chi connectivity index (χ0n) is 45.8. The Morgan fingerprint density at radius 3 is 1.08 bits per heavy atom. The number of terminal acetylenes is 2. The largest absolute Gasteiger partial charge is 0.480 e. The Kier molecular flexibility index (Phi) is 116. The van der Waals surface area contributed by atoms with Gasteiger partial charge in [0.2, 0.25) is 0 Å². The Hall–Kier alpha value is -2.48. The summed E-state index contributed by atoms with van der Waals surface area (Å²) < 4.78 is 15.7. The number of carboxylic acid groups (broad SMARTS) is 1. The number of alkyl halides is 4. The monoisotopic (exact) mass is 1310 g/mol. The highest BCUT2D eigenvalue weighted by molar-refractivity contribution is 9.09. The Morgan fingerprint density at radius 2 is 0.959 bits per heavy atom. The molecule has 5 N–H and O–H groups in total. The van der Waals surface area contributed by atoms with E-state index in [1.54, 1.807) is 34.9 Å². The standard InChI is InChI=1S/2C8H14N2.C7H15BO2.C7H13NO3.C4H9NO2.C4H6.C3H5BrO.C3H4.C2H2.3CH3Br.6CH4/c2*1-6-4-8(10-5-6)7(2)9-3;1-6(2)7(3,4)10-8(5)9-6;1-5(9)4-11-7(10)6(2)8-3;1-3(5-2)4(6)7;1-3-4-2;1-3(5)2-4;1-3-2;4*1-2;;;;;;/h2*5,7,9H,4H2,1-3H3;1-5H3;6,8H,4H2,1-3H3;3,5H,1-2H3,(H,6,7);1-2H3;2H2,1H3;1H,2H3;1-2H;3*1H3;6*1H4. The molecule has 4 unspecified atom stereocenters. The number of ketones is 2. The first-order valence-corrected chi connectivity index (χ1v) is 27.2. The van der Waals surface area contributed by atoms with Crippen molar-refractivity contribution >= 4 is 106 Å². The molecule has 74 heavy (non-hydrogen) atoms. The van der Waals surface area contributed by atoms with E-state index in [9.17, 15) is 19.2 Å². The van der Waals surface area contributed by atoms with Crippen LogP contribution in [-0.2, 0) is 33.2 Å². The number of ether oxygens (including phenoxy) is 1. The Balaban J connectivity index is -0.0000000409. The number of allylic oxidation sites excluding steroid dienone is 2. The molecule has 4 atom stereocenters. The van der Waals surface area contributed by atoms with Crippen molar-refractivity contribution in [3.63, 3.8) is 0 Å². The van der Waals surface area contributed by atoms with Crippen molar-refractivity contribution in [3.8, 4) is 37.0 Å².